The van der Waals surface area contributed by atoms with E-state index < -0.39 is 7.25 Å². The number of rotatable bonds is 1. The Kier molecular flexibility index (Phi) is 5.24. The van der Waals surface area contributed by atoms with Gasteiger partial charge in [0.1, 0.15) is 24.6 Å². The molecule has 0 N–H and O–H groups in total. The molecule has 2 aromatic rings. The number of hydrogen-bond acceptors (Lipinski definition) is 1. The first-order chi connectivity index (χ1) is 13.8. The highest BCUT2D eigenvalue weighted by Gasteiger charge is 2.29. The predicted molar refractivity (Wildman–Crippen MR) is 108 cm³/mol. The van der Waals surface area contributed by atoms with E-state index in [9.17, 15) is 17.3 Å². The van der Waals surface area contributed by atoms with E-state index in [-0.39, 0.29) is 0 Å². The van der Waals surface area contributed by atoms with Crippen molar-refractivity contribution in [3.63, 3.8) is 0 Å². The zero-order valence-electron chi connectivity index (χ0n) is 16.2. The van der Waals surface area contributed by atoms with Crippen molar-refractivity contribution in [2.75, 3.05) is 13.1 Å². The molecular formula is C22H22BF4NO. The molecule has 3 aliphatic rings. The summed E-state index contributed by atoms with van der Waals surface area (Å²) in [5.41, 5.74) is 5.43. The van der Waals surface area contributed by atoms with E-state index in [1.165, 1.54) is 59.6 Å². The first-order valence-electron chi connectivity index (χ1n) is 9.91. The molecule has 0 atom stereocenters. The van der Waals surface area contributed by atoms with Crippen LogP contribution in [0.15, 0.2) is 42.5 Å². The second-order valence-corrected chi connectivity index (χ2v) is 7.59. The third-order valence-electron chi connectivity index (χ3n) is 5.52. The molecule has 0 aliphatic carbocycles. The molecule has 0 fully saturated rings. The lowest BCUT2D eigenvalue weighted by Crippen LogP contribution is -2.45. The van der Waals surface area contributed by atoms with E-state index in [0.717, 1.165) is 23.5 Å². The lowest BCUT2D eigenvalue weighted by Gasteiger charge is -2.24. The number of allylic oxidation sites excluding steroid dienone is 1. The van der Waals surface area contributed by atoms with Gasteiger partial charge in [0, 0.05) is 29.2 Å². The zero-order valence-corrected chi connectivity index (χ0v) is 16.2. The maximum atomic E-state index is 9.75. The van der Waals surface area contributed by atoms with Crippen LogP contribution < -0.4 is 19.9 Å². The van der Waals surface area contributed by atoms with E-state index >= 15 is 0 Å². The minimum Gasteiger partial charge on any atom is -0.456 e. The van der Waals surface area contributed by atoms with Crippen molar-refractivity contribution in [1.29, 1.82) is 0 Å². The van der Waals surface area contributed by atoms with E-state index in [0.29, 0.717) is 0 Å². The number of benzene rings is 2. The molecule has 3 heterocycles. The summed E-state index contributed by atoms with van der Waals surface area (Å²) in [4.78, 5) is 0. The van der Waals surface area contributed by atoms with Crippen molar-refractivity contribution in [3.8, 4) is 5.75 Å². The topological polar surface area (TPSA) is 12.2 Å². The molecule has 29 heavy (non-hydrogen) atoms. The maximum absolute atomic E-state index is 9.75. The quantitative estimate of drug-likeness (QED) is 0.399. The Morgan fingerprint density at radius 1 is 0.966 bits per heavy atom. The SMILES string of the molecule is CC1=c2cc3c4c(c2OC(c2ccccc2)=C1)CCC[N+]=4CCC3.F[B-](F)(F)F. The Morgan fingerprint density at radius 2 is 1.62 bits per heavy atom. The molecule has 0 bridgehead atoms. The molecule has 2 aromatic carbocycles. The molecule has 0 saturated carbocycles. The van der Waals surface area contributed by atoms with Gasteiger partial charge in [-0.1, -0.05) is 30.3 Å². The summed E-state index contributed by atoms with van der Waals surface area (Å²) < 4.78 is 48.1. The minimum absolute atomic E-state index is 0.977. The van der Waals surface area contributed by atoms with Gasteiger partial charge in [0.25, 0.3) is 0 Å². The first kappa shape index (κ1) is 19.7. The summed E-state index contributed by atoms with van der Waals surface area (Å²) in [5.74, 6) is 2.09. The molecule has 0 amide bonds. The van der Waals surface area contributed by atoms with Crippen LogP contribution >= 0.6 is 0 Å². The summed E-state index contributed by atoms with van der Waals surface area (Å²) in [6.45, 7) is 4.61. The van der Waals surface area contributed by atoms with Gasteiger partial charge in [0.2, 0.25) is 5.36 Å². The number of hydrogen-bond donors (Lipinski definition) is 0. The molecular weight excluding hydrogens is 381 g/mol. The zero-order chi connectivity index (χ0) is 20.6. The Balaban J connectivity index is 0.000000369. The van der Waals surface area contributed by atoms with E-state index in [4.69, 9.17) is 4.74 Å². The summed E-state index contributed by atoms with van der Waals surface area (Å²) in [6, 6.07) is 12.8. The molecule has 0 radical (unpaired) electrons. The van der Waals surface area contributed by atoms with Crippen molar-refractivity contribution >= 4 is 18.6 Å². The van der Waals surface area contributed by atoms with Gasteiger partial charge in [-0.2, -0.15) is 0 Å². The fourth-order valence-electron chi connectivity index (χ4n) is 4.40. The third-order valence-corrected chi connectivity index (χ3v) is 5.52. The van der Waals surface area contributed by atoms with Crippen LogP contribution in [0.3, 0.4) is 0 Å². The average molecular weight is 403 g/mol. The molecule has 7 heteroatoms. The van der Waals surface area contributed by atoms with Crippen molar-refractivity contribution in [2.45, 2.75) is 32.6 Å². The third kappa shape index (κ3) is 4.23. The molecule has 0 unspecified atom stereocenters. The fourth-order valence-corrected chi connectivity index (χ4v) is 4.40. The highest BCUT2D eigenvalue weighted by atomic mass is 19.5. The monoisotopic (exact) mass is 403 g/mol. The summed E-state index contributed by atoms with van der Waals surface area (Å²) in [6.07, 6.45) is 7.04. The minimum atomic E-state index is -6.00. The van der Waals surface area contributed by atoms with Gasteiger partial charge in [-0.15, -0.1) is 0 Å². The van der Waals surface area contributed by atoms with Crippen LogP contribution in [0, 0.1) is 0 Å². The number of ether oxygens (including phenoxy) is 1. The molecule has 0 aromatic heterocycles. The Bertz CT molecular complexity index is 1080. The molecule has 0 saturated heterocycles. The number of aryl methyl sites for hydroxylation is 1. The normalized spacial score (nSPS) is 17.3. The van der Waals surface area contributed by atoms with Crippen molar-refractivity contribution in [2.24, 2.45) is 0 Å². The predicted octanol–water partition coefficient (Wildman–Crippen LogP) is 3.97. The van der Waals surface area contributed by atoms with Crippen LogP contribution in [0.2, 0.25) is 0 Å². The molecule has 5 rings (SSSR count). The second-order valence-electron chi connectivity index (χ2n) is 7.59. The second kappa shape index (κ2) is 7.69. The van der Waals surface area contributed by atoms with Crippen LogP contribution in [0.25, 0.3) is 11.3 Å². The van der Waals surface area contributed by atoms with Crippen LogP contribution in [0.1, 0.15) is 36.5 Å². The van der Waals surface area contributed by atoms with Crippen molar-refractivity contribution in [3.05, 3.63) is 69.7 Å². The van der Waals surface area contributed by atoms with Crippen LogP contribution in [0.5, 0.6) is 5.75 Å². The number of nitrogens with zero attached hydrogens (tertiary/aromatic N) is 1. The summed E-state index contributed by atoms with van der Waals surface area (Å²) in [7, 11) is -6.00. The van der Waals surface area contributed by atoms with Gasteiger partial charge in [-0.05, 0) is 37.5 Å². The summed E-state index contributed by atoms with van der Waals surface area (Å²) in [5, 5.41) is 2.78. The van der Waals surface area contributed by atoms with E-state index in [1.807, 2.05) is 0 Å². The average Bonchev–Trinajstić information content (AvgIpc) is 2.68. The Morgan fingerprint density at radius 3 is 2.31 bits per heavy atom. The van der Waals surface area contributed by atoms with E-state index in [1.54, 1.807) is 0 Å². The highest BCUT2D eigenvalue weighted by molar-refractivity contribution is 6.50. The standard InChI is InChI=1S/C22H22NO.BF4/c1-15-13-20(16-7-3-2-4-8-16)24-22-18-10-6-12-23-11-5-9-17(21(18)23)14-19(15)22;2-1(3,4)5/h2-4,7-8,13-14H,5-6,9-12H2,1H3;/q+1;-1. The lowest BCUT2D eigenvalue weighted by molar-refractivity contribution is 0.368. The molecule has 2 nitrogen and oxygen atoms in total. The largest absolute Gasteiger partial charge is 0.673 e. The van der Waals surface area contributed by atoms with Gasteiger partial charge >= 0.3 is 7.25 Å². The van der Waals surface area contributed by atoms with Gasteiger partial charge in [0.05, 0.1) is 5.56 Å². The van der Waals surface area contributed by atoms with Gasteiger partial charge in [-0.25, -0.2) is 4.58 Å². The van der Waals surface area contributed by atoms with Gasteiger partial charge in [0.15, 0.2) is 0 Å². The van der Waals surface area contributed by atoms with Crippen molar-refractivity contribution in [1.82, 2.24) is 4.58 Å². The number of halogens is 4. The smallest absolute Gasteiger partial charge is 0.456 e. The fraction of sp³-hybridized carbons (Fsp3) is 0.318. The number of fused-ring (bicyclic) bond motifs is 2. The maximum Gasteiger partial charge on any atom is 0.673 e. The Labute approximate surface area is 166 Å². The van der Waals surface area contributed by atoms with Gasteiger partial charge < -0.3 is 22.0 Å². The van der Waals surface area contributed by atoms with Crippen LogP contribution in [-0.2, 0) is 12.8 Å². The molecule has 0 spiro atoms. The molecule has 3 aliphatic heterocycles. The van der Waals surface area contributed by atoms with Gasteiger partial charge in [-0.3, -0.25) is 0 Å². The van der Waals surface area contributed by atoms with E-state index in [2.05, 4.69) is 54.0 Å². The van der Waals surface area contributed by atoms with Crippen LogP contribution in [0.4, 0.5) is 17.3 Å². The Hall–Kier alpha value is -2.57. The summed E-state index contributed by atoms with van der Waals surface area (Å²) >= 11 is 0. The molecule has 152 valence electrons. The van der Waals surface area contributed by atoms with Crippen LogP contribution in [-0.4, -0.2) is 20.3 Å². The lowest BCUT2D eigenvalue weighted by atomic mass is 9.92. The highest BCUT2D eigenvalue weighted by Crippen LogP contribution is 2.28. The first-order valence-corrected chi connectivity index (χ1v) is 9.91. The van der Waals surface area contributed by atoms with Crippen molar-refractivity contribution < 1.29 is 22.0 Å².